The Labute approximate surface area is 193 Å². The number of carbonyl (C=O) groups is 3. The highest BCUT2D eigenvalue weighted by molar-refractivity contribution is 6.05. The van der Waals surface area contributed by atoms with Crippen molar-refractivity contribution in [3.8, 4) is 5.75 Å². The highest BCUT2D eigenvalue weighted by Crippen LogP contribution is 2.31. The van der Waals surface area contributed by atoms with E-state index >= 15 is 0 Å². The second-order valence-corrected chi connectivity index (χ2v) is 9.19. The zero-order chi connectivity index (χ0) is 23.4. The van der Waals surface area contributed by atoms with Crippen LogP contribution in [-0.4, -0.2) is 47.4 Å². The van der Waals surface area contributed by atoms with Gasteiger partial charge in [-0.3, -0.25) is 19.7 Å². The van der Waals surface area contributed by atoms with Crippen molar-refractivity contribution < 1.29 is 23.5 Å². The maximum atomic E-state index is 12.9. The second-order valence-electron chi connectivity index (χ2n) is 9.19. The number of piperidine rings is 1. The molecule has 33 heavy (non-hydrogen) atoms. The summed E-state index contributed by atoms with van der Waals surface area (Å²) in [6, 6.07) is 5.05. The highest BCUT2D eigenvalue weighted by Gasteiger charge is 2.39. The summed E-state index contributed by atoms with van der Waals surface area (Å²) in [6.45, 7) is 4.36. The summed E-state index contributed by atoms with van der Waals surface area (Å²) in [5.74, 6) is -0.466. The van der Waals surface area contributed by atoms with E-state index in [4.69, 9.17) is 4.74 Å². The molecule has 178 valence electrons. The molecule has 0 radical (unpaired) electrons. The molecule has 3 atom stereocenters. The summed E-state index contributed by atoms with van der Waals surface area (Å²) in [5.41, 5.74) is 1.41. The number of ether oxygens (including phenoxy) is 1. The third-order valence-corrected chi connectivity index (χ3v) is 6.77. The van der Waals surface area contributed by atoms with E-state index in [1.165, 1.54) is 6.42 Å². The van der Waals surface area contributed by atoms with Crippen LogP contribution in [0, 0.1) is 0 Å². The minimum Gasteiger partial charge on any atom is -0.489 e. The molecule has 0 spiro atoms. The molecule has 1 aromatic rings. The Kier molecular flexibility index (Phi) is 7.42. The van der Waals surface area contributed by atoms with Crippen molar-refractivity contribution in [3.05, 3.63) is 41.7 Å². The molecule has 0 aromatic heterocycles. The average molecular weight is 458 g/mol. The summed E-state index contributed by atoms with van der Waals surface area (Å²) < 4.78 is 19.3. The van der Waals surface area contributed by atoms with Gasteiger partial charge in [0, 0.05) is 24.6 Å². The molecular weight excluding hydrogens is 425 g/mol. The van der Waals surface area contributed by atoms with Crippen molar-refractivity contribution in [3.63, 3.8) is 0 Å². The first-order valence-corrected chi connectivity index (χ1v) is 11.9. The van der Waals surface area contributed by atoms with Gasteiger partial charge < -0.3 is 15.0 Å². The monoisotopic (exact) mass is 457 g/mol. The topological polar surface area (TPSA) is 87.7 Å². The number of halogens is 1. The Morgan fingerprint density at radius 2 is 2.00 bits per heavy atom. The molecule has 2 aliphatic heterocycles. The van der Waals surface area contributed by atoms with E-state index in [1.807, 2.05) is 12.1 Å². The van der Waals surface area contributed by atoms with E-state index < -0.39 is 11.9 Å². The summed E-state index contributed by atoms with van der Waals surface area (Å²) >= 11 is 0. The molecule has 1 saturated heterocycles. The fraction of sp³-hybridized carbons (Fsp3) is 0.560. The van der Waals surface area contributed by atoms with Crippen molar-refractivity contribution >= 4 is 17.7 Å². The normalized spacial score (nSPS) is 25.4. The summed E-state index contributed by atoms with van der Waals surface area (Å²) in [4.78, 5) is 38.1. The SMILES string of the molecule is C=C(F)CCCN[C@@H]1CCCCC[C@@H]1Oc1ccc2c(c1)CN(C1CCC(=O)NC1=O)C2=O. The van der Waals surface area contributed by atoms with Gasteiger partial charge in [-0.15, -0.1) is 0 Å². The number of nitrogens with zero attached hydrogens (tertiary/aromatic N) is 1. The van der Waals surface area contributed by atoms with E-state index in [0.717, 1.165) is 31.2 Å². The zero-order valence-electron chi connectivity index (χ0n) is 18.9. The minimum absolute atomic E-state index is 0.00229. The van der Waals surface area contributed by atoms with Gasteiger partial charge in [-0.05, 0) is 68.8 Å². The van der Waals surface area contributed by atoms with Gasteiger partial charge in [0.05, 0.1) is 5.83 Å². The number of hydrogen-bond donors (Lipinski definition) is 2. The highest BCUT2D eigenvalue weighted by atomic mass is 19.1. The van der Waals surface area contributed by atoms with Crippen LogP contribution in [-0.2, 0) is 16.1 Å². The maximum Gasteiger partial charge on any atom is 0.255 e. The number of fused-ring (bicyclic) bond motifs is 1. The number of imide groups is 1. The third-order valence-electron chi connectivity index (χ3n) is 6.77. The first-order chi connectivity index (χ1) is 15.9. The van der Waals surface area contributed by atoms with Gasteiger partial charge in [0.15, 0.2) is 0 Å². The van der Waals surface area contributed by atoms with Gasteiger partial charge in [-0.2, -0.15) is 0 Å². The zero-order valence-corrected chi connectivity index (χ0v) is 18.9. The minimum atomic E-state index is -0.622. The standard InChI is InChI=1S/C25H32FN3O4/c1-16(26)6-5-13-27-20-7-3-2-4-8-22(20)33-18-9-10-19-17(14-18)15-29(25(19)32)21-11-12-23(30)28-24(21)31/h9-10,14,20-22,27H,1-8,11-13,15H2,(H,28,30,31)/t20-,21?,22+/m1/s1. The van der Waals surface area contributed by atoms with Crippen molar-refractivity contribution in [2.24, 2.45) is 0 Å². The summed E-state index contributed by atoms with van der Waals surface area (Å²) in [7, 11) is 0. The van der Waals surface area contributed by atoms with Gasteiger partial charge in [-0.25, -0.2) is 4.39 Å². The molecule has 2 heterocycles. The molecule has 1 aliphatic carbocycles. The molecule has 2 fully saturated rings. The largest absolute Gasteiger partial charge is 0.489 e. The molecule has 1 aromatic carbocycles. The van der Waals surface area contributed by atoms with Gasteiger partial charge in [0.25, 0.3) is 5.91 Å². The lowest BCUT2D eigenvalue weighted by molar-refractivity contribution is -0.136. The van der Waals surface area contributed by atoms with E-state index in [0.29, 0.717) is 43.7 Å². The number of hydrogen-bond acceptors (Lipinski definition) is 5. The van der Waals surface area contributed by atoms with Crippen molar-refractivity contribution in [2.75, 3.05) is 6.54 Å². The van der Waals surface area contributed by atoms with E-state index in [9.17, 15) is 18.8 Å². The number of nitrogens with one attached hydrogen (secondary N) is 2. The Hall–Kier alpha value is -2.74. The smallest absolute Gasteiger partial charge is 0.255 e. The predicted molar refractivity (Wildman–Crippen MR) is 121 cm³/mol. The third kappa shape index (κ3) is 5.61. The molecule has 3 aliphatic rings. The van der Waals surface area contributed by atoms with E-state index in [-0.39, 0.29) is 36.2 Å². The molecular formula is C25H32FN3O4. The van der Waals surface area contributed by atoms with Crippen LogP contribution in [0.25, 0.3) is 0 Å². The molecule has 4 rings (SSSR count). The lowest BCUT2D eigenvalue weighted by atomic mass is 10.0. The molecule has 7 nitrogen and oxygen atoms in total. The fourth-order valence-electron chi connectivity index (χ4n) is 5.01. The van der Waals surface area contributed by atoms with Crippen LogP contribution in [0.3, 0.4) is 0 Å². The molecule has 1 unspecified atom stereocenters. The number of amides is 3. The van der Waals surface area contributed by atoms with Gasteiger partial charge in [-0.1, -0.05) is 19.4 Å². The van der Waals surface area contributed by atoms with Crippen LogP contribution >= 0.6 is 0 Å². The number of allylic oxidation sites excluding steroid dienone is 1. The van der Waals surface area contributed by atoms with Crippen LogP contribution in [0.5, 0.6) is 5.75 Å². The van der Waals surface area contributed by atoms with Crippen LogP contribution in [0.15, 0.2) is 30.6 Å². The van der Waals surface area contributed by atoms with Crippen LogP contribution in [0.1, 0.15) is 73.7 Å². The average Bonchev–Trinajstić information content (AvgIpc) is 2.94. The van der Waals surface area contributed by atoms with E-state index in [2.05, 4.69) is 17.2 Å². The Bertz CT molecular complexity index is 934. The van der Waals surface area contributed by atoms with Gasteiger partial charge >= 0.3 is 0 Å². The van der Waals surface area contributed by atoms with Gasteiger partial charge in [0.2, 0.25) is 11.8 Å². The summed E-state index contributed by atoms with van der Waals surface area (Å²) in [6.07, 6.45) is 6.99. The maximum absolute atomic E-state index is 12.9. The second kappa shape index (κ2) is 10.5. The van der Waals surface area contributed by atoms with Crippen LogP contribution in [0.4, 0.5) is 4.39 Å². The first-order valence-electron chi connectivity index (χ1n) is 11.9. The molecule has 0 bridgehead atoms. The molecule has 8 heteroatoms. The lowest BCUT2D eigenvalue weighted by Gasteiger charge is -2.29. The number of benzene rings is 1. The summed E-state index contributed by atoms with van der Waals surface area (Å²) in [5, 5.41) is 5.87. The van der Waals surface area contributed by atoms with Gasteiger partial charge in [0.1, 0.15) is 17.9 Å². The molecule has 2 N–H and O–H groups in total. The van der Waals surface area contributed by atoms with Crippen molar-refractivity contribution in [2.45, 2.75) is 82.5 Å². The first kappa shape index (κ1) is 23.4. The van der Waals surface area contributed by atoms with E-state index in [1.54, 1.807) is 11.0 Å². The number of rotatable bonds is 8. The van der Waals surface area contributed by atoms with Crippen molar-refractivity contribution in [1.29, 1.82) is 0 Å². The Morgan fingerprint density at radius 1 is 1.18 bits per heavy atom. The molecule has 3 amide bonds. The fourth-order valence-corrected chi connectivity index (χ4v) is 5.01. The lowest BCUT2D eigenvalue weighted by Crippen LogP contribution is -2.52. The predicted octanol–water partition coefficient (Wildman–Crippen LogP) is 3.38. The van der Waals surface area contributed by atoms with Crippen molar-refractivity contribution in [1.82, 2.24) is 15.5 Å². The number of carbonyl (C=O) groups excluding carboxylic acids is 3. The Morgan fingerprint density at radius 3 is 2.79 bits per heavy atom. The Balaban J connectivity index is 1.41. The van der Waals surface area contributed by atoms with Crippen LogP contribution in [0.2, 0.25) is 0 Å². The quantitative estimate of drug-likeness (QED) is 0.355. The molecule has 1 saturated carbocycles. The van der Waals surface area contributed by atoms with Crippen LogP contribution < -0.4 is 15.4 Å².